The Labute approximate surface area is 178 Å². The van der Waals surface area contributed by atoms with E-state index in [0.717, 1.165) is 36.2 Å². The van der Waals surface area contributed by atoms with Crippen LogP contribution in [0.25, 0.3) is 5.95 Å². The van der Waals surface area contributed by atoms with Crippen molar-refractivity contribution in [1.29, 1.82) is 0 Å². The second kappa shape index (κ2) is 7.60. The largest absolute Gasteiger partial charge is 0.324 e. The van der Waals surface area contributed by atoms with Crippen LogP contribution in [-0.4, -0.2) is 25.8 Å². The van der Waals surface area contributed by atoms with Crippen LogP contribution >= 0.6 is 11.6 Å². The molecule has 0 saturated carbocycles. The lowest BCUT2D eigenvalue weighted by molar-refractivity contribution is 0.262. The van der Waals surface area contributed by atoms with Crippen LogP contribution in [0.5, 0.6) is 0 Å². The Hall–Kier alpha value is -3.13. The SMILES string of the molecule is CC(C)(C)c1cc(NC(=O)Nc2cccc(Cl)c2)n(-c2nc3c(c(=O)[nH]2)CCC3)n1. The zero-order chi connectivity index (χ0) is 21.5. The van der Waals surface area contributed by atoms with E-state index in [1.54, 1.807) is 30.3 Å². The standard InChI is InChI=1S/C21H23ClN6O2/c1-21(2,3)16-11-17(25-20(30)23-13-7-4-6-12(22)10-13)28(27-16)19-24-15-9-5-8-14(15)18(29)26-19/h4,6-7,10-11H,5,8-9H2,1-3H3,(H2,23,25,30)(H,24,26,29). The number of aromatic amines is 1. The van der Waals surface area contributed by atoms with E-state index in [4.69, 9.17) is 11.6 Å². The number of nitrogens with one attached hydrogen (secondary N) is 3. The highest BCUT2D eigenvalue weighted by molar-refractivity contribution is 6.30. The molecule has 2 aromatic heterocycles. The number of urea groups is 1. The maximum absolute atomic E-state index is 12.6. The fourth-order valence-electron chi connectivity index (χ4n) is 3.37. The first-order valence-electron chi connectivity index (χ1n) is 9.77. The summed E-state index contributed by atoms with van der Waals surface area (Å²) in [4.78, 5) is 32.5. The predicted octanol–water partition coefficient (Wildman–Crippen LogP) is 4.04. The minimum atomic E-state index is -0.456. The summed E-state index contributed by atoms with van der Waals surface area (Å²) in [5, 5.41) is 10.7. The van der Waals surface area contributed by atoms with Crippen molar-refractivity contribution in [1.82, 2.24) is 19.7 Å². The average molecular weight is 427 g/mol. The molecule has 30 heavy (non-hydrogen) atoms. The summed E-state index contributed by atoms with van der Waals surface area (Å²) in [6.45, 7) is 6.07. The molecule has 0 saturated heterocycles. The molecule has 4 rings (SSSR count). The average Bonchev–Trinajstić information content (AvgIpc) is 3.28. The number of carbonyl (C=O) groups is 1. The van der Waals surface area contributed by atoms with Crippen LogP contribution in [0.1, 0.15) is 44.1 Å². The molecule has 8 nitrogen and oxygen atoms in total. The number of H-pyrrole nitrogens is 1. The highest BCUT2D eigenvalue weighted by Crippen LogP contribution is 2.26. The van der Waals surface area contributed by atoms with Crippen molar-refractivity contribution in [3.8, 4) is 5.95 Å². The number of hydrogen-bond donors (Lipinski definition) is 3. The van der Waals surface area contributed by atoms with E-state index in [1.807, 2.05) is 20.8 Å². The van der Waals surface area contributed by atoms with Gasteiger partial charge >= 0.3 is 6.03 Å². The molecule has 0 fully saturated rings. The highest BCUT2D eigenvalue weighted by Gasteiger charge is 2.24. The summed E-state index contributed by atoms with van der Waals surface area (Å²) in [6, 6.07) is 8.19. The number of aromatic nitrogens is 4. The zero-order valence-electron chi connectivity index (χ0n) is 17.0. The molecule has 0 radical (unpaired) electrons. The van der Waals surface area contributed by atoms with Gasteiger partial charge < -0.3 is 5.32 Å². The number of carbonyl (C=O) groups excluding carboxylic acids is 1. The first-order valence-corrected chi connectivity index (χ1v) is 10.1. The smallest absolute Gasteiger partial charge is 0.308 e. The van der Waals surface area contributed by atoms with Crippen molar-refractivity contribution >= 4 is 29.1 Å². The Morgan fingerprint density at radius 3 is 2.73 bits per heavy atom. The molecule has 0 atom stereocenters. The van der Waals surface area contributed by atoms with E-state index in [9.17, 15) is 9.59 Å². The van der Waals surface area contributed by atoms with Crippen LogP contribution in [0.2, 0.25) is 5.02 Å². The number of nitrogens with zero attached hydrogens (tertiary/aromatic N) is 3. The third kappa shape index (κ3) is 4.09. The Morgan fingerprint density at radius 1 is 1.20 bits per heavy atom. The van der Waals surface area contributed by atoms with Gasteiger partial charge in [-0.1, -0.05) is 38.4 Å². The van der Waals surface area contributed by atoms with Crippen molar-refractivity contribution < 1.29 is 4.79 Å². The van der Waals surface area contributed by atoms with Gasteiger partial charge in [-0.2, -0.15) is 9.78 Å². The molecule has 0 spiro atoms. The molecule has 1 aliphatic carbocycles. The van der Waals surface area contributed by atoms with Crippen molar-refractivity contribution in [2.45, 2.75) is 45.4 Å². The number of halogens is 1. The summed E-state index contributed by atoms with van der Waals surface area (Å²) in [7, 11) is 0. The summed E-state index contributed by atoms with van der Waals surface area (Å²) < 4.78 is 1.47. The predicted molar refractivity (Wildman–Crippen MR) is 117 cm³/mol. The number of hydrogen-bond acceptors (Lipinski definition) is 4. The fourth-order valence-corrected chi connectivity index (χ4v) is 3.56. The minimum absolute atomic E-state index is 0.158. The van der Waals surface area contributed by atoms with Crippen LogP contribution < -0.4 is 16.2 Å². The number of benzene rings is 1. The third-order valence-electron chi connectivity index (χ3n) is 4.93. The van der Waals surface area contributed by atoms with Crippen molar-refractivity contribution in [3.63, 3.8) is 0 Å². The lowest BCUT2D eigenvalue weighted by Gasteiger charge is -2.14. The Kier molecular flexibility index (Phi) is 5.11. The second-order valence-electron chi connectivity index (χ2n) is 8.33. The Bertz CT molecular complexity index is 1170. The summed E-state index contributed by atoms with van der Waals surface area (Å²) in [5.74, 6) is 0.690. The van der Waals surface area contributed by atoms with Crippen LogP contribution in [0.15, 0.2) is 35.1 Å². The maximum atomic E-state index is 12.6. The van der Waals surface area contributed by atoms with Gasteiger partial charge in [0, 0.05) is 27.8 Å². The molecule has 2 amide bonds. The van der Waals surface area contributed by atoms with Crippen LogP contribution in [0.3, 0.4) is 0 Å². The molecule has 3 aromatic rings. The van der Waals surface area contributed by atoms with E-state index in [0.29, 0.717) is 16.5 Å². The van der Waals surface area contributed by atoms with Crippen molar-refractivity contribution in [2.75, 3.05) is 10.6 Å². The molecule has 156 valence electrons. The van der Waals surface area contributed by atoms with Crippen LogP contribution in [0.4, 0.5) is 16.3 Å². The highest BCUT2D eigenvalue weighted by atomic mass is 35.5. The zero-order valence-corrected chi connectivity index (χ0v) is 17.8. The number of aryl methyl sites for hydroxylation is 1. The number of rotatable bonds is 3. The van der Waals surface area contributed by atoms with Crippen LogP contribution in [0, 0.1) is 0 Å². The normalized spacial score (nSPS) is 13.2. The van der Waals surface area contributed by atoms with Gasteiger partial charge in [-0.15, -0.1) is 0 Å². The van der Waals surface area contributed by atoms with Gasteiger partial charge in [0.1, 0.15) is 5.82 Å². The number of amides is 2. The fraction of sp³-hybridized carbons (Fsp3) is 0.333. The molecular weight excluding hydrogens is 404 g/mol. The number of fused-ring (bicyclic) bond motifs is 1. The molecule has 0 aliphatic heterocycles. The third-order valence-corrected chi connectivity index (χ3v) is 5.17. The topological polar surface area (TPSA) is 105 Å². The molecule has 1 aromatic carbocycles. The molecular formula is C21H23ClN6O2. The quantitative estimate of drug-likeness (QED) is 0.587. The van der Waals surface area contributed by atoms with Gasteiger partial charge in [0.15, 0.2) is 0 Å². The van der Waals surface area contributed by atoms with Crippen molar-refractivity contribution in [2.24, 2.45) is 0 Å². The van der Waals surface area contributed by atoms with Gasteiger partial charge in [0.25, 0.3) is 5.56 Å². The van der Waals surface area contributed by atoms with Gasteiger partial charge in [0.05, 0.1) is 11.4 Å². The maximum Gasteiger partial charge on any atom is 0.324 e. The van der Waals surface area contributed by atoms with Crippen molar-refractivity contribution in [3.05, 3.63) is 62.7 Å². The minimum Gasteiger partial charge on any atom is -0.308 e. The number of anilines is 2. The van der Waals surface area contributed by atoms with Gasteiger partial charge in [-0.05, 0) is 37.5 Å². The monoisotopic (exact) mass is 426 g/mol. The first kappa shape index (κ1) is 20.2. The lowest BCUT2D eigenvalue weighted by atomic mass is 9.92. The van der Waals surface area contributed by atoms with Gasteiger partial charge in [0.2, 0.25) is 5.95 Å². The summed E-state index contributed by atoms with van der Waals surface area (Å²) in [5.41, 5.74) is 2.41. The van der Waals surface area contributed by atoms with E-state index in [2.05, 4.69) is 25.7 Å². The van der Waals surface area contributed by atoms with Gasteiger partial charge in [-0.3, -0.25) is 15.1 Å². The Balaban J connectivity index is 1.69. The lowest BCUT2D eigenvalue weighted by Crippen LogP contribution is -2.23. The summed E-state index contributed by atoms with van der Waals surface area (Å²) >= 11 is 5.98. The summed E-state index contributed by atoms with van der Waals surface area (Å²) in [6.07, 6.45) is 2.41. The molecule has 1 aliphatic rings. The molecule has 9 heteroatoms. The first-order chi connectivity index (χ1) is 14.2. The molecule has 2 heterocycles. The molecule has 0 bridgehead atoms. The Morgan fingerprint density at radius 2 is 2.00 bits per heavy atom. The van der Waals surface area contributed by atoms with Gasteiger partial charge in [-0.25, -0.2) is 9.78 Å². The van der Waals surface area contributed by atoms with E-state index in [-0.39, 0.29) is 16.9 Å². The van der Waals surface area contributed by atoms with Crippen LogP contribution in [-0.2, 0) is 18.3 Å². The second-order valence-corrected chi connectivity index (χ2v) is 8.77. The van der Waals surface area contributed by atoms with E-state index >= 15 is 0 Å². The molecule has 3 N–H and O–H groups in total. The van der Waals surface area contributed by atoms with E-state index in [1.165, 1.54) is 4.68 Å². The van der Waals surface area contributed by atoms with E-state index < -0.39 is 6.03 Å². The molecule has 0 unspecified atom stereocenters.